The van der Waals surface area contributed by atoms with Crippen LogP contribution < -0.4 is 10.1 Å². The van der Waals surface area contributed by atoms with Crippen LogP contribution in [0.15, 0.2) is 59.6 Å². The van der Waals surface area contributed by atoms with Gasteiger partial charge in [0.25, 0.3) is 0 Å². The number of anilines is 1. The fourth-order valence-corrected chi connectivity index (χ4v) is 4.14. The van der Waals surface area contributed by atoms with Crippen molar-refractivity contribution in [1.29, 1.82) is 0 Å². The molecule has 8 heteroatoms. The van der Waals surface area contributed by atoms with E-state index in [2.05, 4.69) is 10.3 Å². The highest BCUT2D eigenvalue weighted by Gasteiger charge is 2.38. The van der Waals surface area contributed by atoms with E-state index in [9.17, 15) is 9.59 Å². The molecule has 2 aromatic rings. The number of carbonyl (C=O) groups excluding carboxylic acids is 2. The summed E-state index contributed by atoms with van der Waals surface area (Å²) in [6, 6.07) is 16.5. The van der Waals surface area contributed by atoms with Gasteiger partial charge in [0, 0.05) is 25.3 Å². The maximum atomic E-state index is 12.9. The molecule has 30 heavy (non-hydrogen) atoms. The molecular formula is C22H25N3O4S. The van der Waals surface area contributed by atoms with Crippen molar-refractivity contribution in [2.45, 2.75) is 25.0 Å². The number of thioether (sulfide) groups is 1. The van der Waals surface area contributed by atoms with Gasteiger partial charge in [-0.15, -0.1) is 0 Å². The summed E-state index contributed by atoms with van der Waals surface area (Å²) < 4.78 is 5.39. The fourth-order valence-electron chi connectivity index (χ4n) is 2.95. The predicted molar refractivity (Wildman–Crippen MR) is 119 cm³/mol. The molecule has 1 fully saturated rings. The number of amides is 2. The molecule has 3 rings (SSSR count). The zero-order chi connectivity index (χ0) is 21.3. The molecule has 2 aromatic carbocycles. The molecular weight excluding hydrogens is 402 g/mol. The SMILES string of the molecule is CCOc1ccc(NC(=O)CC2SC(=Nc3ccccc3)N(CCCO)C2=O)cc1. The normalized spacial score (nSPS) is 17.4. The first-order valence-corrected chi connectivity index (χ1v) is 10.7. The van der Waals surface area contributed by atoms with E-state index in [4.69, 9.17) is 9.84 Å². The van der Waals surface area contributed by atoms with Crippen molar-refractivity contribution in [3.63, 3.8) is 0 Å². The van der Waals surface area contributed by atoms with Crippen molar-refractivity contribution in [1.82, 2.24) is 4.90 Å². The molecule has 1 unspecified atom stereocenters. The molecule has 2 amide bonds. The average Bonchev–Trinajstić information content (AvgIpc) is 3.03. The quantitative estimate of drug-likeness (QED) is 0.640. The van der Waals surface area contributed by atoms with Crippen LogP contribution in [0.4, 0.5) is 11.4 Å². The van der Waals surface area contributed by atoms with Crippen LogP contribution in [0, 0.1) is 0 Å². The van der Waals surface area contributed by atoms with Crippen molar-refractivity contribution in [3.8, 4) is 5.75 Å². The molecule has 1 atom stereocenters. The summed E-state index contributed by atoms with van der Waals surface area (Å²) in [4.78, 5) is 31.5. The molecule has 0 bridgehead atoms. The first-order valence-electron chi connectivity index (χ1n) is 9.86. The van der Waals surface area contributed by atoms with Crippen LogP contribution in [0.3, 0.4) is 0 Å². The van der Waals surface area contributed by atoms with Crippen molar-refractivity contribution < 1.29 is 19.4 Å². The lowest BCUT2D eigenvalue weighted by Crippen LogP contribution is -2.34. The standard InChI is InChI=1S/C22H25N3O4S/c1-2-29-18-11-9-17(10-12-18)23-20(27)15-19-21(28)25(13-6-14-26)22(30-19)24-16-7-4-3-5-8-16/h3-5,7-12,19,26H,2,6,13-15H2,1H3,(H,23,27). The highest BCUT2D eigenvalue weighted by Crippen LogP contribution is 2.32. The Morgan fingerprint density at radius 1 is 1.20 bits per heavy atom. The molecule has 0 spiro atoms. The van der Waals surface area contributed by atoms with Crippen molar-refractivity contribution in [2.75, 3.05) is 25.1 Å². The van der Waals surface area contributed by atoms with E-state index in [1.54, 1.807) is 29.2 Å². The minimum Gasteiger partial charge on any atom is -0.494 e. The van der Waals surface area contributed by atoms with Crippen molar-refractivity contribution in [2.24, 2.45) is 4.99 Å². The third kappa shape index (κ3) is 5.84. The zero-order valence-corrected chi connectivity index (χ0v) is 17.6. The van der Waals surface area contributed by atoms with Crippen LogP contribution in [0.1, 0.15) is 19.8 Å². The molecule has 1 heterocycles. The molecule has 1 saturated heterocycles. The van der Waals surface area contributed by atoms with Gasteiger partial charge in [-0.2, -0.15) is 0 Å². The second kappa shape index (κ2) is 10.8. The summed E-state index contributed by atoms with van der Waals surface area (Å²) in [6.07, 6.45) is 0.491. The maximum Gasteiger partial charge on any atom is 0.242 e. The van der Waals surface area contributed by atoms with E-state index in [0.29, 0.717) is 30.4 Å². The minimum atomic E-state index is -0.547. The Balaban J connectivity index is 1.66. The number of hydrogen-bond donors (Lipinski definition) is 2. The van der Waals surface area contributed by atoms with Crippen molar-refractivity contribution in [3.05, 3.63) is 54.6 Å². The number of nitrogens with zero attached hydrogens (tertiary/aromatic N) is 2. The van der Waals surface area contributed by atoms with Crippen LogP contribution in [0.5, 0.6) is 5.75 Å². The third-order valence-electron chi connectivity index (χ3n) is 4.36. The molecule has 7 nitrogen and oxygen atoms in total. The molecule has 1 aliphatic heterocycles. The maximum absolute atomic E-state index is 12.9. The predicted octanol–water partition coefficient (Wildman–Crippen LogP) is 3.43. The Morgan fingerprint density at radius 3 is 2.60 bits per heavy atom. The number of para-hydroxylation sites is 1. The van der Waals surface area contributed by atoms with Gasteiger partial charge in [0.05, 0.1) is 12.3 Å². The Bertz CT molecular complexity index is 887. The van der Waals surface area contributed by atoms with Crippen LogP contribution >= 0.6 is 11.8 Å². The smallest absolute Gasteiger partial charge is 0.242 e. The summed E-state index contributed by atoms with van der Waals surface area (Å²) in [7, 11) is 0. The number of carbonyl (C=O) groups is 2. The van der Waals surface area contributed by atoms with Gasteiger partial charge in [0.2, 0.25) is 11.8 Å². The Morgan fingerprint density at radius 2 is 1.93 bits per heavy atom. The molecule has 2 N–H and O–H groups in total. The van der Waals surface area contributed by atoms with E-state index in [1.165, 1.54) is 11.8 Å². The van der Waals surface area contributed by atoms with E-state index < -0.39 is 5.25 Å². The lowest BCUT2D eigenvalue weighted by molar-refractivity contribution is -0.128. The first-order chi connectivity index (χ1) is 14.6. The second-order valence-corrected chi connectivity index (χ2v) is 7.78. The topological polar surface area (TPSA) is 91.2 Å². The summed E-state index contributed by atoms with van der Waals surface area (Å²) in [5.41, 5.74) is 1.38. The summed E-state index contributed by atoms with van der Waals surface area (Å²) in [5, 5.41) is 12.0. The van der Waals surface area contributed by atoms with Gasteiger partial charge in [0.15, 0.2) is 5.17 Å². The lowest BCUT2D eigenvalue weighted by atomic mass is 10.2. The number of rotatable bonds is 9. The van der Waals surface area contributed by atoms with Gasteiger partial charge in [0.1, 0.15) is 11.0 Å². The molecule has 0 saturated carbocycles. The number of nitrogens with one attached hydrogen (secondary N) is 1. The van der Waals surface area contributed by atoms with Crippen LogP contribution in [0.25, 0.3) is 0 Å². The third-order valence-corrected chi connectivity index (χ3v) is 5.54. The zero-order valence-electron chi connectivity index (χ0n) is 16.8. The monoisotopic (exact) mass is 427 g/mol. The lowest BCUT2D eigenvalue weighted by Gasteiger charge is -2.15. The second-order valence-electron chi connectivity index (χ2n) is 6.61. The van der Waals surface area contributed by atoms with Gasteiger partial charge < -0.3 is 15.2 Å². The Labute approximate surface area is 180 Å². The minimum absolute atomic E-state index is 0.0179. The largest absolute Gasteiger partial charge is 0.494 e. The number of benzene rings is 2. The summed E-state index contributed by atoms with van der Waals surface area (Å²) >= 11 is 1.28. The van der Waals surface area contributed by atoms with Gasteiger partial charge in [-0.25, -0.2) is 4.99 Å². The van der Waals surface area contributed by atoms with Gasteiger partial charge >= 0.3 is 0 Å². The van der Waals surface area contributed by atoms with Gasteiger partial charge in [-0.1, -0.05) is 30.0 Å². The van der Waals surface area contributed by atoms with E-state index in [0.717, 1.165) is 11.4 Å². The number of aliphatic imine (C=N–C) groups is 1. The van der Waals surface area contributed by atoms with Crippen LogP contribution in [-0.4, -0.2) is 52.0 Å². The highest BCUT2D eigenvalue weighted by atomic mass is 32.2. The Kier molecular flexibility index (Phi) is 7.87. The first kappa shape index (κ1) is 21.9. The van der Waals surface area contributed by atoms with Crippen LogP contribution in [-0.2, 0) is 9.59 Å². The van der Waals surface area contributed by atoms with Gasteiger partial charge in [-0.05, 0) is 49.7 Å². The van der Waals surface area contributed by atoms with Gasteiger partial charge in [-0.3, -0.25) is 14.5 Å². The average molecular weight is 428 g/mol. The number of amidine groups is 1. The molecule has 1 aliphatic rings. The number of hydrogen-bond acceptors (Lipinski definition) is 6. The fraction of sp³-hybridized carbons (Fsp3) is 0.318. The summed E-state index contributed by atoms with van der Waals surface area (Å²) in [6.45, 7) is 2.83. The molecule has 0 aliphatic carbocycles. The molecule has 0 radical (unpaired) electrons. The Hall–Kier alpha value is -2.84. The van der Waals surface area contributed by atoms with E-state index >= 15 is 0 Å². The van der Waals surface area contributed by atoms with Crippen molar-refractivity contribution >= 4 is 40.1 Å². The van der Waals surface area contributed by atoms with Crippen LogP contribution in [0.2, 0.25) is 0 Å². The van der Waals surface area contributed by atoms with E-state index in [1.807, 2.05) is 37.3 Å². The summed E-state index contributed by atoms with van der Waals surface area (Å²) in [5.74, 6) is 0.330. The number of aliphatic hydroxyl groups excluding tert-OH is 1. The number of ether oxygens (including phenoxy) is 1. The number of aliphatic hydroxyl groups is 1. The molecule has 158 valence electrons. The van der Waals surface area contributed by atoms with E-state index in [-0.39, 0.29) is 24.8 Å². The highest BCUT2D eigenvalue weighted by molar-refractivity contribution is 8.15. The molecule has 0 aromatic heterocycles.